The maximum absolute atomic E-state index is 12.2. The van der Waals surface area contributed by atoms with Gasteiger partial charge in [-0.15, -0.1) is 12.4 Å². The van der Waals surface area contributed by atoms with E-state index in [4.69, 9.17) is 5.73 Å². The number of nitrogens with two attached hydrogens (primary N) is 1. The van der Waals surface area contributed by atoms with Crippen molar-refractivity contribution in [3.8, 4) is 0 Å². The largest absolute Gasteiger partial charge is 0.334 e. The van der Waals surface area contributed by atoms with Crippen molar-refractivity contribution in [2.24, 2.45) is 11.7 Å². The zero-order valence-corrected chi connectivity index (χ0v) is 17.2. The summed E-state index contributed by atoms with van der Waals surface area (Å²) in [5, 5.41) is 4.85. The highest BCUT2D eigenvalue weighted by molar-refractivity contribution is 7.91. The fraction of sp³-hybridized carbons (Fsp3) is 0.556. The molecular formula is C18H27ClN4O4S. The van der Waals surface area contributed by atoms with Gasteiger partial charge in [0.05, 0.1) is 18.1 Å². The predicted octanol–water partition coefficient (Wildman–Crippen LogP) is 0.0954. The molecule has 2 fully saturated rings. The molecule has 2 saturated heterocycles. The van der Waals surface area contributed by atoms with Crippen molar-refractivity contribution < 1.29 is 18.0 Å². The molecule has 0 aliphatic carbocycles. The van der Waals surface area contributed by atoms with Gasteiger partial charge in [0.1, 0.15) is 0 Å². The molecule has 0 radical (unpaired) electrons. The van der Waals surface area contributed by atoms with Crippen LogP contribution in [0.5, 0.6) is 0 Å². The monoisotopic (exact) mass is 430 g/mol. The van der Waals surface area contributed by atoms with E-state index in [0.29, 0.717) is 26.1 Å². The first-order chi connectivity index (χ1) is 12.9. The van der Waals surface area contributed by atoms with Crippen LogP contribution in [0.25, 0.3) is 0 Å². The Bertz CT molecular complexity index is 790. The summed E-state index contributed by atoms with van der Waals surface area (Å²) in [5.41, 5.74) is 7.11. The standard InChI is InChI=1S/C18H26N4O4S.ClH/c19-8-14-9-22(10-16(14)13-4-2-1-3-5-13)11-17(23)21-18(24)20-15-6-7-27(25,26)12-15;/h1-5,14-16H,6-12,19H2,(H2,20,21,23,24);1H/t14-,15?,16+;/m1./s1. The fourth-order valence-corrected chi connectivity index (χ4v) is 5.58. The number of rotatable bonds is 5. The van der Waals surface area contributed by atoms with Gasteiger partial charge < -0.3 is 11.1 Å². The molecule has 0 bridgehead atoms. The number of hydrogen-bond donors (Lipinski definition) is 3. The summed E-state index contributed by atoms with van der Waals surface area (Å²) >= 11 is 0. The van der Waals surface area contributed by atoms with Gasteiger partial charge in [0.25, 0.3) is 0 Å². The average molecular weight is 431 g/mol. The van der Waals surface area contributed by atoms with E-state index in [-0.39, 0.29) is 42.3 Å². The maximum Gasteiger partial charge on any atom is 0.321 e. The SMILES string of the molecule is Cl.NC[C@@H]1CN(CC(=O)NC(=O)NC2CCS(=O)(=O)C2)C[C@H]1c1ccccc1. The predicted molar refractivity (Wildman–Crippen MR) is 109 cm³/mol. The van der Waals surface area contributed by atoms with Gasteiger partial charge in [-0.25, -0.2) is 13.2 Å². The summed E-state index contributed by atoms with van der Waals surface area (Å²) < 4.78 is 22.9. The normalized spacial score (nSPS) is 26.4. The second-order valence-corrected chi connectivity index (χ2v) is 9.56. The second kappa shape index (κ2) is 9.69. The third-order valence-electron chi connectivity index (χ3n) is 5.23. The smallest absolute Gasteiger partial charge is 0.321 e. The van der Waals surface area contributed by atoms with E-state index >= 15 is 0 Å². The van der Waals surface area contributed by atoms with Crippen LogP contribution in [0.2, 0.25) is 0 Å². The molecule has 28 heavy (non-hydrogen) atoms. The highest BCUT2D eigenvalue weighted by Crippen LogP contribution is 2.31. The minimum atomic E-state index is -3.08. The number of sulfone groups is 1. The van der Waals surface area contributed by atoms with Crippen LogP contribution < -0.4 is 16.4 Å². The van der Waals surface area contributed by atoms with Gasteiger partial charge in [-0.05, 0) is 24.4 Å². The summed E-state index contributed by atoms with van der Waals surface area (Å²) in [6.45, 7) is 2.05. The van der Waals surface area contributed by atoms with Gasteiger partial charge in [-0.1, -0.05) is 30.3 Å². The second-order valence-electron chi connectivity index (χ2n) is 7.33. The van der Waals surface area contributed by atoms with Crippen LogP contribution in [0.3, 0.4) is 0 Å². The Balaban J connectivity index is 0.00000280. The molecule has 3 atom stereocenters. The molecule has 0 aromatic heterocycles. The Morgan fingerprint density at radius 2 is 1.89 bits per heavy atom. The van der Waals surface area contributed by atoms with Crippen molar-refractivity contribution in [3.05, 3.63) is 35.9 Å². The van der Waals surface area contributed by atoms with Gasteiger partial charge in [-0.3, -0.25) is 15.0 Å². The van der Waals surface area contributed by atoms with Crippen molar-refractivity contribution >= 4 is 34.2 Å². The van der Waals surface area contributed by atoms with Gasteiger partial charge in [0.2, 0.25) is 5.91 Å². The lowest BCUT2D eigenvalue weighted by atomic mass is 9.89. The van der Waals surface area contributed by atoms with E-state index in [1.807, 2.05) is 23.1 Å². The topological polar surface area (TPSA) is 122 Å². The van der Waals surface area contributed by atoms with Crippen LogP contribution in [0.1, 0.15) is 17.9 Å². The van der Waals surface area contributed by atoms with Crippen LogP contribution in [-0.4, -0.2) is 69.0 Å². The molecule has 0 saturated carbocycles. The van der Waals surface area contributed by atoms with Crippen molar-refractivity contribution in [3.63, 3.8) is 0 Å². The van der Waals surface area contributed by atoms with E-state index in [1.54, 1.807) is 0 Å². The van der Waals surface area contributed by atoms with E-state index in [2.05, 4.69) is 22.8 Å². The highest BCUT2D eigenvalue weighted by atomic mass is 35.5. The summed E-state index contributed by atoms with van der Waals surface area (Å²) in [7, 11) is -3.08. The fourth-order valence-electron chi connectivity index (χ4n) is 3.91. The van der Waals surface area contributed by atoms with E-state index in [1.165, 1.54) is 5.56 Å². The number of halogens is 1. The first kappa shape index (κ1) is 22.6. The third-order valence-corrected chi connectivity index (χ3v) is 7.00. The van der Waals surface area contributed by atoms with E-state index < -0.39 is 27.8 Å². The molecular weight excluding hydrogens is 404 g/mol. The summed E-state index contributed by atoms with van der Waals surface area (Å²) in [5.74, 6) is 0.121. The number of amides is 3. The number of imide groups is 1. The van der Waals surface area contributed by atoms with E-state index in [0.717, 1.165) is 0 Å². The number of nitrogens with zero attached hydrogens (tertiary/aromatic N) is 1. The van der Waals surface area contributed by atoms with Crippen LogP contribution >= 0.6 is 12.4 Å². The number of carbonyl (C=O) groups excluding carboxylic acids is 2. The summed E-state index contributed by atoms with van der Waals surface area (Å²) in [6, 6.07) is 9.02. The molecule has 8 nitrogen and oxygen atoms in total. The quantitative estimate of drug-likeness (QED) is 0.608. The van der Waals surface area contributed by atoms with Crippen LogP contribution in [0, 0.1) is 5.92 Å². The van der Waals surface area contributed by atoms with Crippen molar-refractivity contribution in [1.82, 2.24) is 15.5 Å². The lowest BCUT2D eigenvalue weighted by Crippen LogP contribution is -2.47. The molecule has 2 aliphatic rings. The molecule has 2 aliphatic heterocycles. The van der Waals surface area contributed by atoms with Crippen LogP contribution in [-0.2, 0) is 14.6 Å². The Hall–Kier alpha value is -1.68. The van der Waals surface area contributed by atoms with Crippen molar-refractivity contribution in [2.75, 3.05) is 37.7 Å². The minimum absolute atomic E-state index is 0. The minimum Gasteiger partial charge on any atom is -0.334 e. The number of urea groups is 1. The molecule has 1 aromatic rings. The third kappa shape index (κ3) is 5.91. The zero-order valence-electron chi connectivity index (χ0n) is 15.5. The molecule has 1 unspecified atom stereocenters. The maximum atomic E-state index is 12.2. The molecule has 10 heteroatoms. The molecule has 3 amide bonds. The Labute approximate surface area is 171 Å². The van der Waals surface area contributed by atoms with Crippen molar-refractivity contribution in [2.45, 2.75) is 18.4 Å². The zero-order chi connectivity index (χ0) is 19.4. The number of carbonyl (C=O) groups is 2. The first-order valence-corrected chi connectivity index (χ1v) is 11.0. The van der Waals surface area contributed by atoms with Crippen molar-refractivity contribution in [1.29, 1.82) is 0 Å². The highest BCUT2D eigenvalue weighted by Gasteiger charge is 2.34. The van der Waals surface area contributed by atoms with Gasteiger partial charge in [0, 0.05) is 25.0 Å². The number of benzene rings is 1. The van der Waals surface area contributed by atoms with Gasteiger partial charge in [-0.2, -0.15) is 0 Å². The Morgan fingerprint density at radius 1 is 1.18 bits per heavy atom. The van der Waals surface area contributed by atoms with Gasteiger partial charge in [0.15, 0.2) is 9.84 Å². The molecule has 4 N–H and O–H groups in total. The number of nitrogens with one attached hydrogen (secondary N) is 2. The van der Waals surface area contributed by atoms with Crippen LogP contribution in [0.4, 0.5) is 4.79 Å². The molecule has 1 aromatic carbocycles. The lowest BCUT2D eigenvalue weighted by molar-refractivity contribution is -0.120. The Morgan fingerprint density at radius 3 is 2.50 bits per heavy atom. The molecule has 3 rings (SSSR count). The van der Waals surface area contributed by atoms with E-state index in [9.17, 15) is 18.0 Å². The molecule has 0 spiro atoms. The lowest BCUT2D eigenvalue weighted by Gasteiger charge is -2.17. The van der Waals surface area contributed by atoms with Gasteiger partial charge >= 0.3 is 6.03 Å². The number of hydrogen-bond acceptors (Lipinski definition) is 6. The summed E-state index contributed by atoms with van der Waals surface area (Å²) in [4.78, 5) is 26.1. The molecule has 156 valence electrons. The first-order valence-electron chi connectivity index (χ1n) is 9.14. The average Bonchev–Trinajstić information content (AvgIpc) is 3.17. The number of likely N-dealkylation sites (tertiary alicyclic amines) is 1. The molecule has 2 heterocycles. The van der Waals surface area contributed by atoms with Crippen LogP contribution in [0.15, 0.2) is 30.3 Å². The Kier molecular flexibility index (Phi) is 7.82. The summed E-state index contributed by atoms with van der Waals surface area (Å²) in [6.07, 6.45) is 0.382.